The van der Waals surface area contributed by atoms with E-state index in [-0.39, 0.29) is 5.56 Å². The van der Waals surface area contributed by atoms with Gasteiger partial charge in [0.15, 0.2) is 0 Å². The van der Waals surface area contributed by atoms with Crippen LogP contribution in [0.4, 0.5) is 17.2 Å². The van der Waals surface area contributed by atoms with Crippen molar-refractivity contribution in [2.75, 3.05) is 17.2 Å². The van der Waals surface area contributed by atoms with Gasteiger partial charge in [-0.05, 0) is 24.6 Å². The second-order valence-electron chi connectivity index (χ2n) is 4.79. The molecule has 3 N–H and O–H groups in total. The van der Waals surface area contributed by atoms with Gasteiger partial charge in [-0.25, -0.2) is 9.78 Å². The fraction of sp³-hybridized carbons (Fsp3) is 0.250. The molecular weight excluding hydrogens is 266 g/mol. The number of benzene rings is 1. The van der Waals surface area contributed by atoms with E-state index >= 15 is 0 Å². The summed E-state index contributed by atoms with van der Waals surface area (Å²) in [6.45, 7) is 2.80. The molecule has 0 saturated carbocycles. The predicted octanol–water partition coefficient (Wildman–Crippen LogP) is 3.30. The minimum absolute atomic E-state index is 0.120. The number of carboxylic acid groups (broad SMARTS) is 1. The van der Waals surface area contributed by atoms with Gasteiger partial charge in [0.05, 0.1) is 11.9 Å². The third kappa shape index (κ3) is 3.51. The Balaban J connectivity index is 2.48. The van der Waals surface area contributed by atoms with Crippen LogP contribution in [-0.4, -0.2) is 22.6 Å². The fourth-order valence-corrected chi connectivity index (χ4v) is 2.13. The Kier molecular flexibility index (Phi) is 4.77. The van der Waals surface area contributed by atoms with Gasteiger partial charge in [0.1, 0.15) is 11.4 Å². The highest BCUT2D eigenvalue weighted by atomic mass is 16.4. The lowest BCUT2D eigenvalue weighted by atomic mass is 10.2. The molecular formula is C16H19N3O2. The molecule has 0 spiro atoms. The number of nitrogen functional groups attached to an aromatic ring is 1. The van der Waals surface area contributed by atoms with Crippen LogP contribution in [0.15, 0.2) is 42.6 Å². The van der Waals surface area contributed by atoms with Gasteiger partial charge in [-0.3, -0.25) is 0 Å². The molecule has 0 atom stereocenters. The molecule has 0 aliphatic heterocycles. The summed E-state index contributed by atoms with van der Waals surface area (Å²) in [4.78, 5) is 17.6. The van der Waals surface area contributed by atoms with E-state index in [4.69, 9.17) is 5.73 Å². The van der Waals surface area contributed by atoms with Gasteiger partial charge >= 0.3 is 5.97 Å². The molecule has 2 aromatic rings. The number of unbranched alkanes of at least 4 members (excludes halogenated alkanes) is 1. The van der Waals surface area contributed by atoms with E-state index in [1.165, 1.54) is 12.3 Å². The van der Waals surface area contributed by atoms with Crippen LogP contribution in [0.5, 0.6) is 0 Å². The van der Waals surface area contributed by atoms with Crippen molar-refractivity contribution in [2.45, 2.75) is 19.8 Å². The van der Waals surface area contributed by atoms with Gasteiger partial charge in [-0.2, -0.15) is 0 Å². The maximum atomic E-state index is 11.5. The molecule has 21 heavy (non-hydrogen) atoms. The summed E-state index contributed by atoms with van der Waals surface area (Å²) in [7, 11) is 0. The number of rotatable bonds is 6. The number of hydrogen-bond donors (Lipinski definition) is 2. The van der Waals surface area contributed by atoms with Crippen molar-refractivity contribution in [3.8, 4) is 0 Å². The summed E-state index contributed by atoms with van der Waals surface area (Å²) in [5, 5.41) is 9.39. The number of anilines is 3. The Morgan fingerprint density at radius 3 is 2.67 bits per heavy atom. The molecule has 0 saturated heterocycles. The predicted molar refractivity (Wildman–Crippen MR) is 84.0 cm³/mol. The van der Waals surface area contributed by atoms with Crippen molar-refractivity contribution in [1.29, 1.82) is 0 Å². The topological polar surface area (TPSA) is 79.5 Å². The van der Waals surface area contributed by atoms with Gasteiger partial charge < -0.3 is 15.7 Å². The first kappa shape index (κ1) is 14.8. The van der Waals surface area contributed by atoms with E-state index in [1.54, 1.807) is 0 Å². The first-order valence-corrected chi connectivity index (χ1v) is 6.95. The number of hydrogen-bond acceptors (Lipinski definition) is 4. The lowest BCUT2D eigenvalue weighted by Crippen LogP contribution is -2.22. The van der Waals surface area contributed by atoms with Gasteiger partial charge in [0.25, 0.3) is 0 Å². The zero-order chi connectivity index (χ0) is 15.2. The number of pyridine rings is 1. The van der Waals surface area contributed by atoms with Crippen molar-refractivity contribution in [1.82, 2.24) is 4.98 Å². The van der Waals surface area contributed by atoms with E-state index in [9.17, 15) is 9.90 Å². The largest absolute Gasteiger partial charge is 0.478 e. The zero-order valence-corrected chi connectivity index (χ0v) is 12.0. The molecule has 0 unspecified atom stereocenters. The number of carboxylic acids is 1. The summed E-state index contributed by atoms with van der Waals surface area (Å²) in [6, 6.07) is 11.1. The first-order valence-electron chi connectivity index (χ1n) is 6.95. The highest BCUT2D eigenvalue weighted by Gasteiger charge is 2.19. The lowest BCUT2D eigenvalue weighted by Gasteiger charge is -2.25. The third-order valence-corrected chi connectivity index (χ3v) is 3.18. The van der Waals surface area contributed by atoms with Crippen LogP contribution in [0.2, 0.25) is 0 Å². The number of carbonyl (C=O) groups is 1. The minimum atomic E-state index is -1.03. The van der Waals surface area contributed by atoms with Gasteiger partial charge in [0, 0.05) is 12.2 Å². The van der Waals surface area contributed by atoms with Crippen LogP contribution < -0.4 is 10.6 Å². The molecule has 110 valence electrons. The van der Waals surface area contributed by atoms with Crippen molar-refractivity contribution in [3.63, 3.8) is 0 Å². The highest BCUT2D eigenvalue weighted by Crippen LogP contribution is 2.28. The summed E-state index contributed by atoms with van der Waals surface area (Å²) in [5.74, 6) is -0.599. The van der Waals surface area contributed by atoms with Crippen LogP contribution in [0.3, 0.4) is 0 Å². The maximum absolute atomic E-state index is 11.5. The molecule has 0 aliphatic carbocycles. The summed E-state index contributed by atoms with van der Waals surface area (Å²) >= 11 is 0. The normalized spacial score (nSPS) is 10.3. The van der Waals surface area contributed by atoms with Crippen LogP contribution in [-0.2, 0) is 0 Å². The molecule has 1 aromatic heterocycles. The summed E-state index contributed by atoms with van der Waals surface area (Å²) in [6.07, 6.45) is 3.45. The van der Waals surface area contributed by atoms with Crippen molar-refractivity contribution >= 4 is 23.2 Å². The minimum Gasteiger partial charge on any atom is -0.478 e. The molecule has 0 aliphatic rings. The van der Waals surface area contributed by atoms with E-state index in [0.717, 1.165) is 18.5 Å². The SMILES string of the molecule is CCCCN(c1ccccc1)c1ncc(N)cc1C(=O)O. The summed E-state index contributed by atoms with van der Waals surface area (Å²) < 4.78 is 0. The fourth-order valence-electron chi connectivity index (χ4n) is 2.13. The number of aromatic nitrogens is 1. The Bertz CT molecular complexity index is 614. The van der Waals surface area contributed by atoms with Gasteiger partial charge in [-0.1, -0.05) is 31.5 Å². The second-order valence-corrected chi connectivity index (χ2v) is 4.79. The molecule has 1 heterocycles. The molecule has 5 nitrogen and oxygen atoms in total. The first-order chi connectivity index (χ1) is 10.1. The highest BCUT2D eigenvalue weighted by molar-refractivity contribution is 5.95. The summed E-state index contributed by atoms with van der Waals surface area (Å²) in [5.41, 5.74) is 7.05. The zero-order valence-electron chi connectivity index (χ0n) is 12.0. The Labute approximate surface area is 124 Å². The van der Waals surface area contributed by atoms with Crippen LogP contribution in [0.25, 0.3) is 0 Å². The van der Waals surface area contributed by atoms with Crippen molar-refractivity contribution in [3.05, 3.63) is 48.2 Å². The van der Waals surface area contributed by atoms with E-state index in [2.05, 4.69) is 11.9 Å². The third-order valence-electron chi connectivity index (χ3n) is 3.18. The van der Waals surface area contributed by atoms with E-state index in [1.807, 2.05) is 35.2 Å². The maximum Gasteiger partial charge on any atom is 0.339 e. The lowest BCUT2D eigenvalue weighted by molar-refractivity contribution is 0.0697. The van der Waals surface area contributed by atoms with Gasteiger partial charge in [0.2, 0.25) is 0 Å². The van der Waals surface area contributed by atoms with Crippen LogP contribution in [0.1, 0.15) is 30.1 Å². The molecule has 2 rings (SSSR count). The number of aromatic carboxylic acids is 1. The number of para-hydroxylation sites is 1. The monoisotopic (exact) mass is 285 g/mol. The standard InChI is InChI=1S/C16H19N3O2/c1-2-3-9-19(13-7-5-4-6-8-13)15-14(16(20)21)10-12(17)11-18-15/h4-8,10-11H,2-3,9,17H2,1H3,(H,20,21). The number of nitrogens with two attached hydrogens (primary N) is 1. The molecule has 0 radical (unpaired) electrons. The number of nitrogens with zero attached hydrogens (tertiary/aromatic N) is 2. The van der Waals surface area contributed by atoms with Crippen molar-refractivity contribution < 1.29 is 9.90 Å². The molecule has 0 bridgehead atoms. The van der Waals surface area contributed by atoms with Crippen LogP contribution >= 0.6 is 0 Å². The Morgan fingerprint density at radius 2 is 2.05 bits per heavy atom. The molecule has 5 heteroatoms. The molecule has 0 fully saturated rings. The Hall–Kier alpha value is -2.56. The molecule has 1 aromatic carbocycles. The van der Waals surface area contributed by atoms with E-state index < -0.39 is 5.97 Å². The quantitative estimate of drug-likeness (QED) is 0.851. The van der Waals surface area contributed by atoms with Crippen LogP contribution in [0, 0.1) is 0 Å². The molecule has 0 amide bonds. The smallest absolute Gasteiger partial charge is 0.339 e. The average Bonchev–Trinajstić information content (AvgIpc) is 2.49. The van der Waals surface area contributed by atoms with Crippen molar-refractivity contribution in [2.24, 2.45) is 0 Å². The Morgan fingerprint density at radius 1 is 1.33 bits per heavy atom. The van der Waals surface area contributed by atoms with E-state index in [0.29, 0.717) is 18.1 Å². The van der Waals surface area contributed by atoms with Gasteiger partial charge in [-0.15, -0.1) is 0 Å². The second kappa shape index (κ2) is 6.74. The average molecular weight is 285 g/mol.